The maximum Gasteiger partial charge on any atom is 0.337 e. The molecule has 0 aliphatic carbocycles. The van der Waals surface area contributed by atoms with E-state index in [0.29, 0.717) is 25.2 Å². The number of hydrogen-bond acceptors (Lipinski definition) is 5. The lowest BCUT2D eigenvalue weighted by atomic mass is 10.2. The zero-order valence-electron chi connectivity index (χ0n) is 14.0. The summed E-state index contributed by atoms with van der Waals surface area (Å²) in [6.45, 7) is 1.23. The molecular weight excluding hydrogens is 342 g/mol. The highest BCUT2D eigenvalue weighted by atomic mass is 32.2. The van der Waals surface area contributed by atoms with E-state index in [-0.39, 0.29) is 11.4 Å². The predicted octanol–water partition coefficient (Wildman–Crippen LogP) is 2.36. The van der Waals surface area contributed by atoms with E-state index in [9.17, 15) is 13.2 Å². The summed E-state index contributed by atoms with van der Waals surface area (Å²) in [5.74, 6) is -0.507. The predicted molar refractivity (Wildman–Crippen MR) is 93.7 cm³/mol. The lowest BCUT2D eigenvalue weighted by Crippen LogP contribution is -2.25. The maximum absolute atomic E-state index is 12.2. The molecule has 0 amide bonds. The summed E-state index contributed by atoms with van der Waals surface area (Å²) in [7, 11) is -2.33. The second-order valence-electron chi connectivity index (χ2n) is 5.31. The Morgan fingerprint density at radius 1 is 1.04 bits per heavy atom. The average molecular weight is 363 g/mol. The van der Waals surface area contributed by atoms with Crippen molar-refractivity contribution in [1.82, 2.24) is 4.72 Å². The first-order chi connectivity index (χ1) is 12.0. The summed E-state index contributed by atoms with van der Waals surface area (Å²) in [6.07, 6.45) is 0.562. The molecule has 0 heterocycles. The molecule has 2 aromatic rings. The normalized spacial score (nSPS) is 11.2. The van der Waals surface area contributed by atoms with Gasteiger partial charge >= 0.3 is 5.97 Å². The van der Waals surface area contributed by atoms with Crippen molar-refractivity contribution < 1.29 is 22.7 Å². The van der Waals surface area contributed by atoms with E-state index >= 15 is 0 Å². The van der Waals surface area contributed by atoms with E-state index in [1.54, 1.807) is 0 Å². The van der Waals surface area contributed by atoms with E-state index < -0.39 is 16.0 Å². The first-order valence-corrected chi connectivity index (χ1v) is 9.31. The van der Waals surface area contributed by atoms with Gasteiger partial charge in [0.25, 0.3) is 0 Å². The van der Waals surface area contributed by atoms with Crippen LogP contribution in [-0.4, -0.2) is 34.6 Å². The van der Waals surface area contributed by atoms with Crippen molar-refractivity contribution in [2.45, 2.75) is 17.9 Å². The third kappa shape index (κ3) is 5.97. The third-order valence-electron chi connectivity index (χ3n) is 3.45. The van der Waals surface area contributed by atoms with Crippen LogP contribution in [0.25, 0.3) is 0 Å². The minimum absolute atomic E-state index is 0.102. The zero-order valence-corrected chi connectivity index (χ0v) is 14.8. The first-order valence-electron chi connectivity index (χ1n) is 7.82. The second-order valence-corrected chi connectivity index (χ2v) is 7.07. The van der Waals surface area contributed by atoms with Gasteiger partial charge in [0.15, 0.2) is 0 Å². The maximum atomic E-state index is 12.2. The first kappa shape index (κ1) is 19.1. The fourth-order valence-electron chi connectivity index (χ4n) is 2.12. The Kier molecular flexibility index (Phi) is 7.12. The Balaban J connectivity index is 1.74. The van der Waals surface area contributed by atoms with Crippen LogP contribution < -0.4 is 4.72 Å². The van der Waals surface area contributed by atoms with Crippen LogP contribution in [0, 0.1) is 0 Å². The van der Waals surface area contributed by atoms with Gasteiger partial charge in [-0.15, -0.1) is 0 Å². The molecule has 7 heteroatoms. The molecule has 0 saturated heterocycles. The molecule has 6 nitrogen and oxygen atoms in total. The van der Waals surface area contributed by atoms with Gasteiger partial charge in [0.05, 0.1) is 24.2 Å². The van der Waals surface area contributed by atoms with Gasteiger partial charge in [0.1, 0.15) is 0 Å². The smallest absolute Gasteiger partial charge is 0.337 e. The van der Waals surface area contributed by atoms with Gasteiger partial charge in [0.2, 0.25) is 10.0 Å². The van der Waals surface area contributed by atoms with Crippen molar-refractivity contribution in [3.63, 3.8) is 0 Å². The van der Waals surface area contributed by atoms with Crippen molar-refractivity contribution >= 4 is 16.0 Å². The third-order valence-corrected chi connectivity index (χ3v) is 4.93. The van der Waals surface area contributed by atoms with Gasteiger partial charge < -0.3 is 9.47 Å². The number of hydrogen-bond donors (Lipinski definition) is 1. The molecule has 0 aliphatic heterocycles. The number of benzene rings is 2. The fourth-order valence-corrected chi connectivity index (χ4v) is 3.19. The largest absolute Gasteiger partial charge is 0.465 e. The van der Waals surface area contributed by atoms with Crippen LogP contribution in [0.1, 0.15) is 22.3 Å². The summed E-state index contributed by atoms with van der Waals surface area (Å²) < 4.78 is 36.9. The molecule has 2 rings (SSSR count). The molecule has 0 unspecified atom stereocenters. The molecular formula is C18H21NO5S. The Labute approximate surface area is 147 Å². The van der Waals surface area contributed by atoms with Crippen LogP contribution in [0.5, 0.6) is 0 Å². The van der Waals surface area contributed by atoms with E-state index in [0.717, 1.165) is 5.56 Å². The SMILES string of the molecule is COC(=O)c1ccc(S(=O)(=O)NCCCOCc2ccccc2)cc1. The molecule has 1 N–H and O–H groups in total. The number of carbonyl (C=O) groups is 1. The van der Waals surface area contributed by atoms with Crippen LogP contribution in [0.3, 0.4) is 0 Å². The number of ether oxygens (including phenoxy) is 2. The Morgan fingerprint density at radius 3 is 2.36 bits per heavy atom. The molecule has 0 radical (unpaired) electrons. The lowest BCUT2D eigenvalue weighted by Gasteiger charge is -2.08. The molecule has 25 heavy (non-hydrogen) atoms. The van der Waals surface area contributed by atoms with E-state index in [4.69, 9.17) is 4.74 Å². The molecule has 134 valence electrons. The van der Waals surface area contributed by atoms with E-state index in [1.807, 2.05) is 30.3 Å². The van der Waals surface area contributed by atoms with Crippen LogP contribution in [0.4, 0.5) is 0 Å². The molecule has 0 bridgehead atoms. The molecule has 0 atom stereocenters. The summed E-state index contributed by atoms with van der Waals surface area (Å²) >= 11 is 0. The summed E-state index contributed by atoms with van der Waals surface area (Å²) in [5.41, 5.74) is 1.38. The highest BCUT2D eigenvalue weighted by Crippen LogP contribution is 2.11. The van der Waals surface area contributed by atoms with Crippen molar-refractivity contribution in [3.8, 4) is 0 Å². The van der Waals surface area contributed by atoms with Crippen LogP contribution in [0.2, 0.25) is 0 Å². The van der Waals surface area contributed by atoms with Crippen LogP contribution in [-0.2, 0) is 26.1 Å². The fraction of sp³-hybridized carbons (Fsp3) is 0.278. The topological polar surface area (TPSA) is 81.7 Å². The van der Waals surface area contributed by atoms with E-state index in [1.165, 1.54) is 31.4 Å². The average Bonchev–Trinajstić information content (AvgIpc) is 2.65. The number of nitrogens with one attached hydrogen (secondary N) is 1. The summed E-state index contributed by atoms with van der Waals surface area (Å²) in [5, 5.41) is 0. The van der Waals surface area contributed by atoms with Crippen LogP contribution in [0.15, 0.2) is 59.5 Å². The van der Waals surface area contributed by atoms with E-state index in [2.05, 4.69) is 9.46 Å². The van der Waals surface area contributed by atoms with Gasteiger partial charge in [-0.3, -0.25) is 0 Å². The lowest BCUT2D eigenvalue weighted by molar-refractivity contribution is 0.0600. The van der Waals surface area contributed by atoms with Gasteiger partial charge in [-0.2, -0.15) is 0 Å². The van der Waals surface area contributed by atoms with Crippen LogP contribution >= 0.6 is 0 Å². The quantitative estimate of drug-likeness (QED) is 0.546. The number of esters is 1. The highest BCUT2D eigenvalue weighted by molar-refractivity contribution is 7.89. The summed E-state index contributed by atoms with van der Waals surface area (Å²) in [4.78, 5) is 11.5. The molecule has 2 aromatic carbocycles. The molecule has 0 fully saturated rings. The van der Waals surface area contributed by atoms with Crippen molar-refractivity contribution in [2.24, 2.45) is 0 Å². The van der Waals surface area contributed by atoms with Crippen molar-refractivity contribution in [2.75, 3.05) is 20.3 Å². The van der Waals surface area contributed by atoms with Gasteiger partial charge in [0, 0.05) is 13.2 Å². The number of methoxy groups -OCH3 is 1. The monoisotopic (exact) mass is 363 g/mol. The van der Waals surface area contributed by atoms with Crippen molar-refractivity contribution in [3.05, 3.63) is 65.7 Å². The number of carbonyl (C=O) groups excluding carboxylic acids is 1. The van der Waals surface area contributed by atoms with Gasteiger partial charge in [-0.05, 0) is 36.2 Å². The highest BCUT2D eigenvalue weighted by Gasteiger charge is 2.14. The number of rotatable bonds is 9. The molecule has 0 saturated carbocycles. The second kappa shape index (κ2) is 9.31. The number of sulfonamides is 1. The Hall–Kier alpha value is -2.22. The minimum Gasteiger partial charge on any atom is -0.465 e. The molecule has 0 spiro atoms. The Bertz CT molecular complexity index is 773. The molecule has 0 aromatic heterocycles. The standard InChI is InChI=1S/C18H21NO5S/c1-23-18(20)16-8-10-17(11-9-16)25(21,22)19-12-5-13-24-14-15-6-3-2-4-7-15/h2-4,6-11,19H,5,12-14H2,1H3. The van der Waals surface area contributed by atoms with Crippen molar-refractivity contribution in [1.29, 1.82) is 0 Å². The van der Waals surface area contributed by atoms with Gasteiger partial charge in [-0.1, -0.05) is 30.3 Å². The molecule has 0 aliphatic rings. The zero-order chi connectivity index (χ0) is 18.1. The Morgan fingerprint density at radius 2 is 1.72 bits per heavy atom. The van der Waals surface area contributed by atoms with Gasteiger partial charge in [-0.25, -0.2) is 17.9 Å². The minimum atomic E-state index is -3.61. The summed E-state index contributed by atoms with van der Waals surface area (Å²) in [6, 6.07) is 15.4.